The summed E-state index contributed by atoms with van der Waals surface area (Å²) < 4.78 is 0. The second-order valence-corrected chi connectivity index (χ2v) is 4.96. The molecule has 1 aromatic rings. The first-order chi connectivity index (χ1) is 8.20. The maximum absolute atomic E-state index is 12.0. The van der Waals surface area contributed by atoms with Crippen LogP contribution in [0.4, 0.5) is 0 Å². The molecular formula is C11H15N3O2S. The van der Waals surface area contributed by atoms with Crippen molar-refractivity contribution in [1.82, 2.24) is 9.88 Å². The number of nitrogens with zero attached hydrogens (tertiary/aromatic N) is 2. The van der Waals surface area contributed by atoms with Crippen LogP contribution in [0.1, 0.15) is 11.7 Å². The van der Waals surface area contributed by atoms with Crippen molar-refractivity contribution in [2.45, 2.75) is 12.1 Å². The van der Waals surface area contributed by atoms with Gasteiger partial charge in [-0.3, -0.25) is 9.78 Å². The van der Waals surface area contributed by atoms with Crippen LogP contribution in [0, 0.1) is 0 Å². The molecule has 0 radical (unpaired) electrons. The summed E-state index contributed by atoms with van der Waals surface area (Å²) in [5.41, 5.74) is 6.42. The van der Waals surface area contributed by atoms with Crippen LogP contribution < -0.4 is 5.73 Å². The lowest BCUT2D eigenvalue weighted by Gasteiger charge is -2.23. The van der Waals surface area contributed by atoms with Gasteiger partial charge in [0.2, 0.25) is 5.91 Å². The van der Waals surface area contributed by atoms with Crippen molar-refractivity contribution in [2.24, 2.45) is 5.73 Å². The first kappa shape index (κ1) is 12.3. The third-order valence-electron chi connectivity index (χ3n) is 2.74. The molecular weight excluding hydrogens is 238 g/mol. The Hall–Kier alpha value is -1.11. The number of hydrogen-bond donors (Lipinski definition) is 2. The van der Waals surface area contributed by atoms with Gasteiger partial charge in [0, 0.05) is 24.7 Å². The average molecular weight is 253 g/mol. The normalized spacial score (nSPS) is 19.1. The summed E-state index contributed by atoms with van der Waals surface area (Å²) in [5, 5.41) is 10.0. The summed E-state index contributed by atoms with van der Waals surface area (Å²) in [6, 6.07) is 2.42. The number of nitrogens with two attached hydrogens (primary N) is 1. The van der Waals surface area contributed by atoms with E-state index in [1.54, 1.807) is 41.2 Å². The summed E-state index contributed by atoms with van der Waals surface area (Å²) in [7, 11) is 0. The van der Waals surface area contributed by atoms with E-state index in [0.29, 0.717) is 18.0 Å². The SMILES string of the molecule is NC(C(=O)N1CCSC1)C(O)c1ccncc1. The van der Waals surface area contributed by atoms with E-state index in [0.717, 1.165) is 5.75 Å². The number of hydrogen-bond acceptors (Lipinski definition) is 5. The van der Waals surface area contributed by atoms with E-state index in [2.05, 4.69) is 4.98 Å². The number of aromatic nitrogens is 1. The van der Waals surface area contributed by atoms with Gasteiger partial charge >= 0.3 is 0 Å². The molecule has 1 aliphatic heterocycles. The molecule has 2 heterocycles. The predicted octanol–water partition coefficient (Wildman–Crippen LogP) is -0.0248. The van der Waals surface area contributed by atoms with Crippen LogP contribution in [-0.2, 0) is 4.79 Å². The van der Waals surface area contributed by atoms with Crippen molar-refractivity contribution in [3.8, 4) is 0 Å². The lowest BCUT2D eigenvalue weighted by molar-refractivity contribution is -0.133. The number of aliphatic hydroxyl groups excluding tert-OH is 1. The van der Waals surface area contributed by atoms with Gasteiger partial charge in [-0.15, -0.1) is 11.8 Å². The fraction of sp³-hybridized carbons (Fsp3) is 0.455. The van der Waals surface area contributed by atoms with Crippen molar-refractivity contribution < 1.29 is 9.90 Å². The Morgan fingerprint density at radius 1 is 1.53 bits per heavy atom. The summed E-state index contributed by atoms with van der Waals surface area (Å²) in [6.07, 6.45) is 2.17. The predicted molar refractivity (Wildman–Crippen MR) is 66.2 cm³/mol. The Balaban J connectivity index is 2.04. The van der Waals surface area contributed by atoms with Crippen LogP contribution in [0.3, 0.4) is 0 Å². The van der Waals surface area contributed by atoms with E-state index in [9.17, 15) is 9.90 Å². The van der Waals surface area contributed by atoms with Crippen LogP contribution in [0.15, 0.2) is 24.5 Å². The Kier molecular flexibility index (Phi) is 3.98. The second kappa shape index (κ2) is 5.48. The molecule has 1 fully saturated rings. The summed E-state index contributed by atoms with van der Waals surface area (Å²) in [6.45, 7) is 0.709. The van der Waals surface area contributed by atoms with Crippen LogP contribution in [0.25, 0.3) is 0 Å². The number of carbonyl (C=O) groups excluding carboxylic acids is 1. The molecule has 2 unspecified atom stereocenters. The number of amides is 1. The molecule has 1 saturated heterocycles. The number of carbonyl (C=O) groups is 1. The van der Waals surface area contributed by atoms with Crippen molar-refractivity contribution in [2.75, 3.05) is 18.2 Å². The monoisotopic (exact) mass is 253 g/mol. The zero-order valence-electron chi connectivity index (χ0n) is 9.32. The van der Waals surface area contributed by atoms with Crippen molar-refractivity contribution in [1.29, 1.82) is 0 Å². The minimum Gasteiger partial charge on any atom is -0.386 e. The van der Waals surface area contributed by atoms with Crippen molar-refractivity contribution in [3.05, 3.63) is 30.1 Å². The molecule has 3 N–H and O–H groups in total. The largest absolute Gasteiger partial charge is 0.386 e. The molecule has 0 spiro atoms. The number of pyridine rings is 1. The molecule has 1 amide bonds. The first-order valence-electron chi connectivity index (χ1n) is 5.40. The van der Waals surface area contributed by atoms with Gasteiger partial charge in [0.1, 0.15) is 12.1 Å². The van der Waals surface area contributed by atoms with Crippen molar-refractivity contribution >= 4 is 17.7 Å². The molecule has 1 aromatic heterocycles. The van der Waals surface area contributed by atoms with E-state index < -0.39 is 12.1 Å². The first-order valence-corrected chi connectivity index (χ1v) is 6.55. The molecule has 2 rings (SSSR count). The van der Waals surface area contributed by atoms with Gasteiger partial charge in [-0.05, 0) is 17.7 Å². The number of rotatable bonds is 3. The van der Waals surface area contributed by atoms with Gasteiger partial charge in [0.25, 0.3) is 0 Å². The van der Waals surface area contributed by atoms with Gasteiger partial charge in [-0.25, -0.2) is 0 Å². The average Bonchev–Trinajstić information content (AvgIpc) is 2.91. The minimum absolute atomic E-state index is 0.195. The highest BCUT2D eigenvalue weighted by Gasteiger charge is 2.29. The molecule has 0 aliphatic carbocycles. The summed E-state index contributed by atoms with van der Waals surface area (Å²) in [5.74, 6) is 1.40. The lowest BCUT2D eigenvalue weighted by atomic mass is 10.0. The molecule has 1 aliphatic rings. The van der Waals surface area contributed by atoms with E-state index >= 15 is 0 Å². The minimum atomic E-state index is -0.976. The lowest BCUT2D eigenvalue weighted by Crippen LogP contribution is -2.45. The van der Waals surface area contributed by atoms with E-state index in [1.807, 2.05) is 0 Å². The molecule has 0 aromatic carbocycles. The topological polar surface area (TPSA) is 79.5 Å². The fourth-order valence-corrected chi connectivity index (χ4v) is 2.66. The highest BCUT2D eigenvalue weighted by Crippen LogP contribution is 2.19. The smallest absolute Gasteiger partial charge is 0.243 e. The zero-order valence-corrected chi connectivity index (χ0v) is 10.1. The Morgan fingerprint density at radius 2 is 2.24 bits per heavy atom. The van der Waals surface area contributed by atoms with E-state index in [-0.39, 0.29) is 5.91 Å². The number of thioether (sulfide) groups is 1. The zero-order chi connectivity index (χ0) is 12.3. The van der Waals surface area contributed by atoms with Gasteiger partial charge in [0.15, 0.2) is 0 Å². The highest BCUT2D eigenvalue weighted by atomic mass is 32.2. The highest BCUT2D eigenvalue weighted by molar-refractivity contribution is 7.99. The van der Waals surface area contributed by atoms with Gasteiger partial charge in [0.05, 0.1) is 5.88 Å². The maximum Gasteiger partial charge on any atom is 0.243 e. The molecule has 6 heteroatoms. The third-order valence-corrected chi connectivity index (χ3v) is 3.70. The molecule has 92 valence electrons. The quantitative estimate of drug-likeness (QED) is 0.791. The van der Waals surface area contributed by atoms with Gasteiger partial charge in [-0.2, -0.15) is 0 Å². The Morgan fingerprint density at radius 3 is 2.82 bits per heavy atom. The molecule has 2 atom stereocenters. The van der Waals surface area contributed by atoms with E-state index in [4.69, 9.17) is 5.73 Å². The molecule has 5 nitrogen and oxygen atoms in total. The fourth-order valence-electron chi connectivity index (χ4n) is 1.70. The molecule has 17 heavy (non-hydrogen) atoms. The van der Waals surface area contributed by atoms with Crippen LogP contribution >= 0.6 is 11.8 Å². The standard InChI is InChI=1S/C11H15N3O2S/c12-9(11(16)14-5-6-17-7-14)10(15)8-1-3-13-4-2-8/h1-4,9-10,15H,5-7,12H2. The second-order valence-electron chi connectivity index (χ2n) is 3.89. The molecule has 0 saturated carbocycles. The van der Waals surface area contributed by atoms with Crippen molar-refractivity contribution in [3.63, 3.8) is 0 Å². The van der Waals surface area contributed by atoms with E-state index in [1.165, 1.54) is 0 Å². The Labute approximate surface area is 104 Å². The molecule has 0 bridgehead atoms. The van der Waals surface area contributed by atoms with Crippen LogP contribution in [0.5, 0.6) is 0 Å². The summed E-state index contributed by atoms with van der Waals surface area (Å²) in [4.78, 5) is 17.5. The summed E-state index contributed by atoms with van der Waals surface area (Å²) >= 11 is 1.69. The maximum atomic E-state index is 12.0. The third kappa shape index (κ3) is 2.77. The Bertz CT molecular complexity index is 382. The van der Waals surface area contributed by atoms with Gasteiger partial charge < -0.3 is 15.7 Å². The van der Waals surface area contributed by atoms with Gasteiger partial charge in [-0.1, -0.05) is 0 Å². The van der Waals surface area contributed by atoms with Crippen LogP contribution in [0.2, 0.25) is 0 Å². The number of aliphatic hydroxyl groups is 1. The van der Waals surface area contributed by atoms with Crippen LogP contribution in [-0.4, -0.2) is 45.1 Å².